The van der Waals surface area contributed by atoms with Crippen LogP contribution >= 0.6 is 11.6 Å². The average Bonchev–Trinajstić information content (AvgIpc) is 2.76. The van der Waals surface area contributed by atoms with E-state index >= 15 is 0 Å². The fourth-order valence-corrected chi connectivity index (χ4v) is 5.00. The normalized spacial score (nSPS) is 22.5. The molecule has 25 heteroatoms. The molecule has 0 aromatic heterocycles. The van der Waals surface area contributed by atoms with Crippen molar-refractivity contribution in [3.8, 4) is 0 Å². The first-order chi connectivity index (χ1) is 17.9. The maximum atomic E-state index is 12.2. The van der Waals surface area contributed by atoms with Gasteiger partial charge in [-0.1, -0.05) is 23.7 Å². The summed E-state index contributed by atoms with van der Waals surface area (Å²) in [6.07, 6.45) is -11.6. The van der Waals surface area contributed by atoms with Crippen LogP contribution in [0.15, 0.2) is 24.3 Å². The molecule has 0 unspecified atom stereocenters. The minimum Gasteiger partial charge on any atom is -0.726 e. The Bertz CT molecular complexity index is 1370. The van der Waals surface area contributed by atoms with Gasteiger partial charge in [-0.25, -0.2) is 25.3 Å². The van der Waals surface area contributed by atoms with E-state index in [1.54, 1.807) is 18.2 Å². The molecule has 2 amide bonds. The Morgan fingerprint density at radius 3 is 1.88 bits per heavy atom. The summed E-state index contributed by atoms with van der Waals surface area (Å²) < 4.78 is 123. The van der Waals surface area contributed by atoms with Gasteiger partial charge in [0.1, 0.15) is 18.3 Å². The molecule has 1 heterocycles. The summed E-state index contributed by atoms with van der Waals surface area (Å²) in [4.78, 5) is 24.3. The standard InChI is InChI=1S/C17H23ClN2O16S3.3Na/c1-32-17-16(36-39(29,30)31)15(35-38(26,27)28)14(34-37(23,24)25)11(33-17)7-19-13(22)8-20-12(21)6-9-3-2-4-10(18)5-9;;;/h2-5,11,14-17H,6-8H2,1H3,(H,19,22)(H,20,21)(H,23,24,25)(H,26,27,28)(H,29,30,31);;;/q;3*+1/p-3/t11-,14-,15+,16+,17+;;;/m1.../s1. The van der Waals surface area contributed by atoms with Gasteiger partial charge in [-0.05, 0) is 17.7 Å². The predicted octanol–water partition coefficient (Wildman–Crippen LogP) is -12.0. The maximum Gasteiger partial charge on any atom is 1.00 e. The van der Waals surface area contributed by atoms with Crippen molar-refractivity contribution >= 4 is 54.6 Å². The third kappa shape index (κ3) is 17.1. The van der Waals surface area contributed by atoms with Gasteiger partial charge in [-0.2, -0.15) is 0 Å². The molecule has 222 valence electrons. The van der Waals surface area contributed by atoms with E-state index in [0.29, 0.717) is 10.6 Å². The molecule has 1 aliphatic heterocycles. The van der Waals surface area contributed by atoms with E-state index < -0.39 is 86.8 Å². The van der Waals surface area contributed by atoms with Gasteiger partial charge in [-0.15, -0.1) is 0 Å². The quantitative estimate of drug-likeness (QED) is 0.109. The SMILES string of the molecule is CO[C@H]1O[C@H](CNC(=O)CNC(=O)Cc2cccc(Cl)c2)[C@@H](OS(=O)(=O)[O-])[C@H](OS(=O)(=O)[O-])[C@@H]1OS(=O)(=O)[O-].[Na+].[Na+].[Na+]. The third-order valence-corrected chi connectivity index (χ3v) is 6.32. The van der Waals surface area contributed by atoms with Crippen LogP contribution in [0.5, 0.6) is 0 Å². The summed E-state index contributed by atoms with van der Waals surface area (Å²) in [5.41, 5.74) is 0.539. The molecule has 0 aliphatic carbocycles. The first-order valence-corrected chi connectivity index (χ1v) is 14.6. The topological polar surface area (TPSA) is 276 Å². The van der Waals surface area contributed by atoms with Crippen LogP contribution < -0.4 is 99.3 Å². The Hall–Kier alpha value is 0.980. The zero-order chi connectivity index (χ0) is 29.6. The summed E-state index contributed by atoms with van der Waals surface area (Å²) in [6.45, 7) is -1.43. The van der Waals surface area contributed by atoms with E-state index in [1.807, 2.05) is 0 Å². The number of ether oxygens (including phenoxy) is 2. The molecule has 2 N–H and O–H groups in total. The molecule has 0 spiro atoms. The van der Waals surface area contributed by atoms with Gasteiger partial charge in [0, 0.05) is 18.7 Å². The summed E-state index contributed by atoms with van der Waals surface area (Å²) in [7, 11) is -16.4. The molecule has 42 heavy (non-hydrogen) atoms. The number of halogens is 1. The Morgan fingerprint density at radius 2 is 1.38 bits per heavy atom. The van der Waals surface area contributed by atoms with Crippen LogP contribution in [0.1, 0.15) is 5.56 Å². The maximum absolute atomic E-state index is 12.2. The van der Waals surface area contributed by atoms with Crippen molar-refractivity contribution in [3.05, 3.63) is 34.9 Å². The van der Waals surface area contributed by atoms with E-state index in [-0.39, 0.29) is 95.1 Å². The molecule has 1 aliphatic rings. The third-order valence-electron chi connectivity index (χ3n) is 4.71. The van der Waals surface area contributed by atoms with Crippen molar-refractivity contribution in [2.24, 2.45) is 0 Å². The van der Waals surface area contributed by atoms with Gasteiger partial charge in [0.25, 0.3) is 0 Å². The summed E-state index contributed by atoms with van der Waals surface area (Å²) in [5.74, 6) is -1.50. The molecular weight excluding hydrogens is 689 g/mol. The van der Waals surface area contributed by atoms with Gasteiger partial charge in [0.05, 0.1) is 13.0 Å². The van der Waals surface area contributed by atoms with Gasteiger partial charge < -0.3 is 33.8 Å². The van der Waals surface area contributed by atoms with Crippen molar-refractivity contribution < 1.29 is 159 Å². The van der Waals surface area contributed by atoms with Crippen LogP contribution in [0.2, 0.25) is 5.02 Å². The molecule has 18 nitrogen and oxygen atoms in total. The van der Waals surface area contributed by atoms with Crippen LogP contribution in [0.3, 0.4) is 0 Å². The molecule has 0 radical (unpaired) electrons. The van der Waals surface area contributed by atoms with E-state index in [0.717, 1.165) is 7.11 Å². The zero-order valence-corrected chi connectivity index (χ0v) is 31.7. The second kappa shape index (κ2) is 19.6. The van der Waals surface area contributed by atoms with Crippen LogP contribution in [-0.4, -0.2) is 102 Å². The Balaban J connectivity index is 0. The van der Waals surface area contributed by atoms with Crippen LogP contribution in [0.4, 0.5) is 0 Å². The summed E-state index contributed by atoms with van der Waals surface area (Å²) >= 11 is 5.83. The molecule has 1 fully saturated rings. The number of rotatable bonds is 13. The van der Waals surface area contributed by atoms with Crippen LogP contribution in [-0.2, 0) is 69.2 Å². The second-order valence-corrected chi connectivity index (χ2v) is 11.0. The number of hydrogen-bond donors (Lipinski definition) is 2. The van der Waals surface area contributed by atoms with Crippen molar-refractivity contribution in [2.75, 3.05) is 20.2 Å². The zero-order valence-electron chi connectivity index (χ0n) is 22.5. The smallest absolute Gasteiger partial charge is 0.726 e. The molecule has 0 saturated carbocycles. The summed E-state index contributed by atoms with van der Waals surface area (Å²) in [5, 5.41) is 4.81. The minimum absolute atomic E-state index is 0. The van der Waals surface area contributed by atoms with E-state index in [4.69, 9.17) is 21.1 Å². The number of hydrogen-bond acceptors (Lipinski definition) is 16. The molecule has 5 atom stereocenters. The molecule has 1 saturated heterocycles. The Morgan fingerprint density at radius 1 is 0.857 bits per heavy atom. The van der Waals surface area contributed by atoms with Crippen molar-refractivity contribution in [3.63, 3.8) is 0 Å². The number of methoxy groups -OCH3 is 1. The second-order valence-electron chi connectivity index (χ2n) is 7.57. The van der Waals surface area contributed by atoms with Crippen molar-refractivity contribution in [2.45, 2.75) is 37.1 Å². The van der Waals surface area contributed by atoms with E-state index in [2.05, 4.69) is 23.2 Å². The first-order valence-electron chi connectivity index (χ1n) is 10.3. The summed E-state index contributed by atoms with van der Waals surface area (Å²) in [6, 6.07) is 6.32. The minimum atomic E-state index is -5.79. The number of carbonyl (C=O) groups is 2. The molecule has 0 bridgehead atoms. The number of nitrogens with one attached hydrogen (secondary N) is 2. The predicted molar refractivity (Wildman–Crippen MR) is 121 cm³/mol. The molecule has 2 rings (SSSR count). The van der Waals surface area contributed by atoms with Crippen molar-refractivity contribution in [1.82, 2.24) is 10.6 Å². The monoisotopic (exact) mass is 708 g/mol. The number of carbonyl (C=O) groups excluding carboxylic acids is 2. The van der Waals surface area contributed by atoms with Gasteiger partial charge in [-0.3, -0.25) is 22.1 Å². The molecule has 1 aromatic rings. The number of amides is 2. The molecule has 1 aromatic carbocycles. The van der Waals surface area contributed by atoms with E-state index in [1.165, 1.54) is 6.07 Å². The largest absolute Gasteiger partial charge is 1.00 e. The van der Waals surface area contributed by atoms with Crippen molar-refractivity contribution in [1.29, 1.82) is 0 Å². The van der Waals surface area contributed by atoms with Crippen LogP contribution in [0.25, 0.3) is 0 Å². The van der Waals surface area contributed by atoms with Gasteiger partial charge in [0.2, 0.25) is 43.0 Å². The molecular formula is C17H20ClN2Na3O16S3. The fourth-order valence-electron chi connectivity index (χ4n) is 3.32. The average molecular weight is 709 g/mol. The van der Waals surface area contributed by atoms with Crippen LogP contribution in [0, 0.1) is 0 Å². The van der Waals surface area contributed by atoms with Gasteiger partial charge in [0.15, 0.2) is 12.4 Å². The van der Waals surface area contributed by atoms with Gasteiger partial charge >= 0.3 is 88.7 Å². The fraction of sp³-hybridized carbons (Fsp3) is 0.529. The van der Waals surface area contributed by atoms with E-state index in [9.17, 15) is 48.5 Å². The Labute approximate surface area is 312 Å². The Kier molecular flexibility index (Phi) is 21.0. The first kappa shape index (κ1) is 45.1. The number of benzene rings is 1.